The van der Waals surface area contributed by atoms with E-state index >= 15 is 0 Å². The predicted octanol–water partition coefficient (Wildman–Crippen LogP) is 2.35. The van der Waals surface area contributed by atoms with Gasteiger partial charge in [0.1, 0.15) is 47.5 Å². The fourth-order valence-corrected chi connectivity index (χ4v) is 5.83. The van der Waals surface area contributed by atoms with Crippen LogP contribution in [0.15, 0.2) is 47.3 Å². The van der Waals surface area contributed by atoms with Gasteiger partial charge in [0, 0.05) is 5.56 Å². The number of nitrogen functional groups attached to an aromatic ring is 1. The van der Waals surface area contributed by atoms with Gasteiger partial charge < -0.3 is 34.4 Å². The lowest BCUT2D eigenvalue weighted by atomic mass is 9.89. The standard InChI is InChI=1S/C24H31N4O9P/c1-13(2)17(23(30)33-4)28-38(32,37-14-8-6-5-7-9-14)35-11-16-20(29)24(3,31)21(36-16)15-10-34-19-18(15)26-12-27-22(19)25/h5-10,12-13,16-17,20-21,29,31H,11H2,1-4H3,(H,28,32)(H2,25,26,27). The zero-order valence-corrected chi connectivity index (χ0v) is 22.2. The molecule has 1 aromatic carbocycles. The Morgan fingerprint density at radius 3 is 2.66 bits per heavy atom. The monoisotopic (exact) mass is 550 g/mol. The van der Waals surface area contributed by atoms with Gasteiger partial charge in [0.15, 0.2) is 11.4 Å². The van der Waals surface area contributed by atoms with Crippen LogP contribution in [0.4, 0.5) is 5.82 Å². The van der Waals surface area contributed by atoms with E-state index in [4.69, 9.17) is 28.7 Å². The molecule has 0 amide bonds. The molecule has 4 rings (SSSR count). The van der Waals surface area contributed by atoms with Crippen LogP contribution in [0.3, 0.4) is 0 Å². The van der Waals surface area contributed by atoms with Crippen LogP contribution in [-0.4, -0.2) is 63.7 Å². The molecule has 6 unspecified atom stereocenters. The molecule has 0 bridgehead atoms. The molecule has 1 saturated heterocycles. The number of anilines is 1. The molecule has 0 aliphatic carbocycles. The fourth-order valence-electron chi connectivity index (χ4n) is 4.16. The van der Waals surface area contributed by atoms with E-state index in [0.29, 0.717) is 11.1 Å². The minimum Gasteiger partial charge on any atom is -0.468 e. The number of esters is 1. The molecule has 0 spiro atoms. The summed E-state index contributed by atoms with van der Waals surface area (Å²) < 4.78 is 41.5. The first-order valence-electron chi connectivity index (χ1n) is 11.8. The highest BCUT2D eigenvalue weighted by atomic mass is 31.2. The van der Waals surface area contributed by atoms with Crippen molar-refractivity contribution in [2.75, 3.05) is 19.5 Å². The Balaban J connectivity index is 1.58. The number of nitrogens with two attached hydrogens (primary N) is 1. The number of carbonyl (C=O) groups is 1. The van der Waals surface area contributed by atoms with E-state index in [1.54, 1.807) is 44.2 Å². The molecule has 14 heteroatoms. The lowest BCUT2D eigenvalue weighted by molar-refractivity contribution is -0.143. The summed E-state index contributed by atoms with van der Waals surface area (Å²) in [7, 11) is -3.03. The highest BCUT2D eigenvalue weighted by molar-refractivity contribution is 7.52. The Morgan fingerprint density at radius 1 is 1.29 bits per heavy atom. The van der Waals surface area contributed by atoms with Crippen LogP contribution in [0, 0.1) is 5.92 Å². The third kappa shape index (κ3) is 5.53. The first-order valence-corrected chi connectivity index (χ1v) is 13.4. The minimum atomic E-state index is -4.24. The van der Waals surface area contributed by atoms with Gasteiger partial charge in [-0.15, -0.1) is 0 Å². The van der Waals surface area contributed by atoms with Gasteiger partial charge in [-0.25, -0.2) is 14.5 Å². The van der Waals surface area contributed by atoms with Gasteiger partial charge in [-0.2, -0.15) is 5.09 Å². The van der Waals surface area contributed by atoms with Crippen molar-refractivity contribution in [2.24, 2.45) is 5.92 Å². The van der Waals surface area contributed by atoms with Gasteiger partial charge >= 0.3 is 13.7 Å². The van der Waals surface area contributed by atoms with Gasteiger partial charge in [-0.05, 0) is 25.0 Å². The third-order valence-electron chi connectivity index (χ3n) is 6.28. The maximum atomic E-state index is 13.9. The molecule has 3 aromatic rings. The number of para-hydroxylation sites is 1. The number of aliphatic hydroxyl groups is 2. The minimum absolute atomic E-state index is 0.106. The molecule has 2 aromatic heterocycles. The number of aromatic nitrogens is 2. The largest absolute Gasteiger partial charge is 0.468 e. The van der Waals surface area contributed by atoms with Crippen molar-refractivity contribution in [3.63, 3.8) is 0 Å². The van der Waals surface area contributed by atoms with Gasteiger partial charge in [0.25, 0.3) is 0 Å². The second-order valence-corrected chi connectivity index (χ2v) is 11.1. The highest BCUT2D eigenvalue weighted by Gasteiger charge is 2.54. The smallest absolute Gasteiger partial charge is 0.459 e. The lowest BCUT2D eigenvalue weighted by Crippen LogP contribution is -2.44. The summed E-state index contributed by atoms with van der Waals surface area (Å²) in [5.41, 5.74) is 4.89. The number of hydrogen-bond donors (Lipinski definition) is 4. The zero-order valence-electron chi connectivity index (χ0n) is 21.3. The predicted molar refractivity (Wildman–Crippen MR) is 135 cm³/mol. The number of fused-ring (bicyclic) bond motifs is 1. The number of benzene rings is 1. The van der Waals surface area contributed by atoms with Crippen LogP contribution in [0.25, 0.3) is 11.1 Å². The number of nitrogens with zero attached hydrogens (tertiary/aromatic N) is 2. The first kappa shape index (κ1) is 28.0. The highest BCUT2D eigenvalue weighted by Crippen LogP contribution is 2.49. The van der Waals surface area contributed by atoms with E-state index in [2.05, 4.69) is 15.1 Å². The van der Waals surface area contributed by atoms with E-state index in [1.807, 2.05) is 0 Å². The van der Waals surface area contributed by atoms with Crippen molar-refractivity contribution in [1.82, 2.24) is 15.1 Å². The van der Waals surface area contributed by atoms with Crippen LogP contribution in [0.5, 0.6) is 5.75 Å². The number of furan rings is 1. The van der Waals surface area contributed by atoms with E-state index in [9.17, 15) is 19.6 Å². The molecule has 6 atom stereocenters. The van der Waals surface area contributed by atoms with Crippen molar-refractivity contribution in [3.8, 4) is 5.75 Å². The molecule has 38 heavy (non-hydrogen) atoms. The van der Waals surface area contributed by atoms with Crippen molar-refractivity contribution in [2.45, 2.75) is 50.7 Å². The summed E-state index contributed by atoms with van der Waals surface area (Å²) in [5.74, 6) is -0.667. The van der Waals surface area contributed by atoms with E-state index < -0.39 is 50.3 Å². The molecule has 0 saturated carbocycles. The molecular formula is C24H31N4O9P. The molecule has 1 aliphatic heterocycles. The SMILES string of the molecule is COC(=O)C(NP(=O)(OCC1OC(c2coc3c(N)ncnc23)C(C)(O)C1O)Oc1ccccc1)C(C)C. The van der Waals surface area contributed by atoms with Crippen LogP contribution in [0.1, 0.15) is 32.4 Å². The number of rotatable bonds is 10. The number of nitrogens with one attached hydrogen (secondary N) is 1. The zero-order chi connectivity index (χ0) is 27.7. The summed E-state index contributed by atoms with van der Waals surface area (Å²) in [6.45, 7) is 4.39. The van der Waals surface area contributed by atoms with Gasteiger partial charge in [-0.3, -0.25) is 9.32 Å². The number of hydrogen-bond acceptors (Lipinski definition) is 12. The maximum Gasteiger partial charge on any atom is 0.459 e. The molecule has 3 heterocycles. The third-order valence-corrected chi connectivity index (χ3v) is 7.81. The van der Waals surface area contributed by atoms with Crippen molar-refractivity contribution in [3.05, 3.63) is 48.5 Å². The molecule has 1 fully saturated rings. The molecule has 0 radical (unpaired) electrons. The molecule has 5 N–H and O–H groups in total. The van der Waals surface area contributed by atoms with Crippen molar-refractivity contribution < 1.29 is 42.5 Å². The molecule has 13 nitrogen and oxygen atoms in total. The summed E-state index contributed by atoms with van der Waals surface area (Å²) in [4.78, 5) is 20.4. The average Bonchev–Trinajstić information content (AvgIpc) is 3.40. The first-order chi connectivity index (χ1) is 18.0. The second-order valence-electron chi connectivity index (χ2n) is 9.42. The van der Waals surface area contributed by atoms with E-state index in [-0.39, 0.29) is 23.1 Å². The summed E-state index contributed by atoms with van der Waals surface area (Å²) in [6.07, 6.45) is -1.15. The summed E-state index contributed by atoms with van der Waals surface area (Å²) in [5, 5.41) is 24.7. The van der Waals surface area contributed by atoms with Crippen molar-refractivity contribution >= 4 is 30.6 Å². The maximum absolute atomic E-state index is 13.9. The Labute approximate surface area is 218 Å². The van der Waals surface area contributed by atoms with E-state index in [1.165, 1.54) is 26.6 Å². The Bertz CT molecular complexity index is 1320. The average molecular weight is 551 g/mol. The van der Waals surface area contributed by atoms with Crippen molar-refractivity contribution in [1.29, 1.82) is 0 Å². The Morgan fingerprint density at radius 2 is 2.00 bits per heavy atom. The Kier molecular flexibility index (Phi) is 8.07. The van der Waals surface area contributed by atoms with Gasteiger partial charge in [0.05, 0.1) is 20.0 Å². The van der Waals surface area contributed by atoms with Crippen LogP contribution in [-0.2, 0) is 23.4 Å². The topological polar surface area (TPSA) is 188 Å². The lowest BCUT2D eigenvalue weighted by Gasteiger charge is -2.28. The number of ether oxygens (including phenoxy) is 2. The molecular weight excluding hydrogens is 519 g/mol. The normalized spacial score (nSPS) is 25.8. The quantitative estimate of drug-likeness (QED) is 0.213. The number of aliphatic hydroxyl groups excluding tert-OH is 1. The molecule has 1 aliphatic rings. The number of carbonyl (C=O) groups excluding carboxylic acids is 1. The summed E-state index contributed by atoms with van der Waals surface area (Å²) >= 11 is 0. The van der Waals surface area contributed by atoms with Crippen LogP contribution in [0.2, 0.25) is 0 Å². The molecule has 206 valence electrons. The second kappa shape index (κ2) is 11.0. The van der Waals surface area contributed by atoms with Gasteiger partial charge in [-0.1, -0.05) is 32.0 Å². The number of methoxy groups -OCH3 is 1. The van der Waals surface area contributed by atoms with Gasteiger partial charge in [0.2, 0.25) is 0 Å². The summed E-state index contributed by atoms with van der Waals surface area (Å²) in [6, 6.07) is 7.22. The fraction of sp³-hybridized carbons (Fsp3) is 0.458. The Hall–Kier alpha value is -3.06. The van der Waals surface area contributed by atoms with E-state index in [0.717, 1.165) is 0 Å². The van der Waals surface area contributed by atoms with Crippen LogP contribution >= 0.6 is 7.75 Å². The van der Waals surface area contributed by atoms with Crippen LogP contribution < -0.4 is 15.3 Å².